The van der Waals surface area contributed by atoms with Crippen molar-refractivity contribution in [1.82, 2.24) is 9.97 Å². The second-order valence-electron chi connectivity index (χ2n) is 6.21. The molecule has 0 saturated carbocycles. The molecule has 6 heteroatoms. The van der Waals surface area contributed by atoms with Crippen LogP contribution in [0.5, 0.6) is 0 Å². The number of nitrogens with zero attached hydrogens (tertiary/aromatic N) is 2. The molecule has 0 aliphatic heterocycles. The molecule has 0 aliphatic rings. The van der Waals surface area contributed by atoms with Crippen molar-refractivity contribution >= 4 is 23.3 Å². The van der Waals surface area contributed by atoms with Gasteiger partial charge < -0.3 is 15.7 Å². The molecule has 3 N–H and O–H groups in total. The van der Waals surface area contributed by atoms with Crippen molar-refractivity contribution in [3.8, 4) is 0 Å². The summed E-state index contributed by atoms with van der Waals surface area (Å²) in [7, 11) is 0. The summed E-state index contributed by atoms with van der Waals surface area (Å²) >= 11 is 0. The first-order chi connectivity index (χ1) is 13.1. The SMILES string of the molecule is Cc1nc(NCCCc2ccccc2)cc(Nc2ccc(C(=O)O)cc2)n1. The van der Waals surface area contributed by atoms with Crippen LogP contribution in [-0.2, 0) is 6.42 Å². The van der Waals surface area contributed by atoms with Crippen LogP contribution in [0.25, 0.3) is 0 Å². The molecule has 0 bridgehead atoms. The molecule has 0 fully saturated rings. The summed E-state index contributed by atoms with van der Waals surface area (Å²) in [5.41, 5.74) is 2.35. The van der Waals surface area contributed by atoms with Crippen LogP contribution in [0, 0.1) is 6.92 Å². The van der Waals surface area contributed by atoms with E-state index in [9.17, 15) is 4.79 Å². The molecule has 1 heterocycles. The van der Waals surface area contributed by atoms with Gasteiger partial charge in [0.05, 0.1) is 5.56 Å². The maximum absolute atomic E-state index is 10.9. The van der Waals surface area contributed by atoms with Crippen LogP contribution in [0.2, 0.25) is 0 Å². The van der Waals surface area contributed by atoms with E-state index in [1.807, 2.05) is 19.1 Å². The predicted molar refractivity (Wildman–Crippen MR) is 107 cm³/mol. The Morgan fingerprint density at radius 3 is 2.41 bits per heavy atom. The number of aromatic carboxylic acids is 1. The van der Waals surface area contributed by atoms with Gasteiger partial charge in [-0.2, -0.15) is 0 Å². The topological polar surface area (TPSA) is 87.1 Å². The van der Waals surface area contributed by atoms with E-state index in [1.54, 1.807) is 24.3 Å². The fourth-order valence-electron chi connectivity index (χ4n) is 2.72. The monoisotopic (exact) mass is 362 g/mol. The minimum absolute atomic E-state index is 0.250. The van der Waals surface area contributed by atoms with E-state index in [1.165, 1.54) is 5.56 Å². The van der Waals surface area contributed by atoms with Crippen molar-refractivity contribution in [3.63, 3.8) is 0 Å². The number of aryl methyl sites for hydroxylation is 2. The van der Waals surface area contributed by atoms with Gasteiger partial charge >= 0.3 is 5.97 Å². The Bertz CT molecular complexity index is 896. The Labute approximate surface area is 158 Å². The third-order valence-electron chi connectivity index (χ3n) is 4.03. The minimum Gasteiger partial charge on any atom is -0.478 e. The van der Waals surface area contributed by atoms with Gasteiger partial charge in [0, 0.05) is 18.3 Å². The van der Waals surface area contributed by atoms with Crippen LogP contribution in [0.1, 0.15) is 28.2 Å². The minimum atomic E-state index is -0.943. The Morgan fingerprint density at radius 1 is 1.00 bits per heavy atom. The quantitative estimate of drug-likeness (QED) is 0.519. The van der Waals surface area contributed by atoms with Crippen LogP contribution < -0.4 is 10.6 Å². The van der Waals surface area contributed by atoms with Crippen LogP contribution in [0.15, 0.2) is 60.7 Å². The highest BCUT2D eigenvalue weighted by Crippen LogP contribution is 2.18. The van der Waals surface area contributed by atoms with E-state index >= 15 is 0 Å². The van der Waals surface area contributed by atoms with Gasteiger partial charge in [0.2, 0.25) is 0 Å². The maximum atomic E-state index is 10.9. The van der Waals surface area contributed by atoms with Crippen molar-refractivity contribution in [2.75, 3.05) is 17.2 Å². The van der Waals surface area contributed by atoms with Gasteiger partial charge in [0.1, 0.15) is 17.5 Å². The van der Waals surface area contributed by atoms with Crippen molar-refractivity contribution in [3.05, 3.63) is 77.6 Å². The van der Waals surface area contributed by atoms with Gasteiger partial charge in [-0.3, -0.25) is 0 Å². The smallest absolute Gasteiger partial charge is 0.335 e. The highest BCUT2D eigenvalue weighted by atomic mass is 16.4. The van der Waals surface area contributed by atoms with E-state index in [4.69, 9.17) is 5.11 Å². The van der Waals surface area contributed by atoms with Crippen molar-refractivity contribution in [1.29, 1.82) is 0 Å². The molecule has 0 atom stereocenters. The summed E-state index contributed by atoms with van der Waals surface area (Å²) in [5, 5.41) is 15.5. The molecule has 3 aromatic rings. The van der Waals surface area contributed by atoms with Crippen molar-refractivity contribution in [2.24, 2.45) is 0 Å². The Kier molecular flexibility index (Phi) is 5.99. The van der Waals surface area contributed by atoms with E-state index in [0.717, 1.165) is 30.9 Å². The second kappa shape index (κ2) is 8.80. The lowest BCUT2D eigenvalue weighted by Gasteiger charge is -2.10. The lowest BCUT2D eigenvalue weighted by atomic mass is 10.1. The number of carboxylic acids is 1. The first-order valence-electron chi connectivity index (χ1n) is 8.84. The summed E-state index contributed by atoms with van der Waals surface area (Å²) in [5.74, 6) is 1.14. The van der Waals surface area contributed by atoms with Gasteiger partial charge in [0.25, 0.3) is 0 Å². The van der Waals surface area contributed by atoms with Crippen LogP contribution in [-0.4, -0.2) is 27.6 Å². The van der Waals surface area contributed by atoms with Gasteiger partial charge in [-0.1, -0.05) is 30.3 Å². The highest BCUT2D eigenvalue weighted by Gasteiger charge is 2.05. The number of aromatic nitrogens is 2. The molecule has 3 rings (SSSR count). The molecule has 0 amide bonds. The van der Waals surface area contributed by atoms with E-state index < -0.39 is 5.97 Å². The van der Waals surface area contributed by atoms with E-state index in [-0.39, 0.29) is 5.56 Å². The molecular weight excluding hydrogens is 340 g/mol. The third kappa shape index (κ3) is 5.54. The van der Waals surface area contributed by atoms with Gasteiger partial charge in [-0.15, -0.1) is 0 Å². The van der Waals surface area contributed by atoms with Gasteiger partial charge in [-0.05, 0) is 49.6 Å². The molecule has 0 spiro atoms. The molecule has 138 valence electrons. The van der Waals surface area contributed by atoms with Gasteiger partial charge in [-0.25, -0.2) is 14.8 Å². The summed E-state index contributed by atoms with van der Waals surface area (Å²) in [6, 6.07) is 18.8. The number of anilines is 3. The fraction of sp³-hybridized carbons (Fsp3) is 0.190. The molecule has 1 aromatic heterocycles. The predicted octanol–water partition coefficient (Wildman–Crippen LogP) is 4.27. The first-order valence-corrected chi connectivity index (χ1v) is 8.84. The summed E-state index contributed by atoms with van der Waals surface area (Å²) in [6.07, 6.45) is 2.02. The van der Waals surface area contributed by atoms with Crippen LogP contribution in [0.4, 0.5) is 17.3 Å². The zero-order chi connectivity index (χ0) is 19.1. The molecule has 0 unspecified atom stereocenters. The number of hydrogen-bond acceptors (Lipinski definition) is 5. The lowest BCUT2D eigenvalue weighted by Crippen LogP contribution is -2.07. The van der Waals surface area contributed by atoms with E-state index in [2.05, 4.69) is 44.9 Å². The Hall–Kier alpha value is -3.41. The number of rotatable bonds is 8. The van der Waals surface area contributed by atoms with Crippen LogP contribution in [0.3, 0.4) is 0 Å². The number of carboxylic acid groups (broad SMARTS) is 1. The fourth-order valence-corrected chi connectivity index (χ4v) is 2.72. The molecule has 27 heavy (non-hydrogen) atoms. The standard InChI is InChI=1S/C21H22N4O2/c1-15-23-19(22-13-5-8-16-6-3-2-4-7-16)14-20(24-15)25-18-11-9-17(10-12-18)21(26)27/h2-4,6-7,9-12,14H,5,8,13H2,1H3,(H,26,27)(H2,22,23,24,25). The Balaban J connectivity index is 1.57. The van der Waals surface area contributed by atoms with Crippen molar-refractivity contribution < 1.29 is 9.90 Å². The maximum Gasteiger partial charge on any atom is 0.335 e. The number of carbonyl (C=O) groups is 1. The molecular formula is C21H22N4O2. The molecule has 0 aliphatic carbocycles. The number of hydrogen-bond donors (Lipinski definition) is 3. The largest absolute Gasteiger partial charge is 0.478 e. The molecule has 0 saturated heterocycles. The van der Waals surface area contributed by atoms with E-state index in [0.29, 0.717) is 11.6 Å². The number of nitrogens with one attached hydrogen (secondary N) is 2. The molecule has 0 radical (unpaired) electrons. The third-order valence-corrected chi connectivity index (χ3v) is 4.03. The zero-order valence-electron chi connectivity index (χ0n) is 15.1. The van der Waals surface area contributed by atoms with Crippen LogP contribution >= 0.6 is 0 Å². The molecule has 2 aromatic carbocycles. The lowest BCUT2D eigenvalue weighted by molar-refractivity contribution is 0.0697. The number of benzene rings is 2. The first kappa shape index (κ1) is 18.4. The second-order valence-corrected chi connectivity index (χ2v) is 6.21. The molecule has 6 nitrogen and oxygen atoms in total. The summed E-state index contributed by atoms with van der Waals surface area (Å²) in [6.45, 7) is 2.66. The highest BCUT2D eigenvalue weighted by molar-refractivity contribution is 5.88. The average molecular weight is 362 g/mol. The summed E-state index contributed by atoms with van der Waals surface area (Å²) < 4.78 is 0. The Morgan fingerprint density at radius 2 is 1.70 bits per heavy atom. The van der Waals surface area contributed by atoms with Gasteiger partial charge in [0.15, 0.2) is 0 Å². The average Bonchev–Trinajstić information content (AvgIpc) is 2.66. The summed E-state index contributed by atoms with van der Waals surface area (Å²) in [4.78, 5) is 19.7. The zero-order valence-corrected chi connectivity index (χ0v) is 15.1. The normalized spacial score (nSPS) is 10.4. The van der Waals surface area contributed by atoms with Crippen molar-refractivity contribution in [2.45, 2.75) is 19.8 Å².